The molecule has 2 N–H and O–H groups in total. The van der Waals surface area contributed by atoms with Crippen molar-refractivity contribution >= 4 is 11.8 Å². The Morgan fingerprint density at radius 3 is 2.61 bits per heavy atom. The number of amides is 2. The molecule has 2 amide bonds. The summed E-state index contributed by atoms with van der Waals surface area (Å²) in [5.41, 5.74) is 0.543. The molecule has 31 heavy (non-hydrogen) atoms. The number of hydrogen-bond donors (Lipinski definition) is 2. The quantitative estimate of drug-likeness (QED) is 0.518. The van der Waals surface area contributed by atoms with E-state index in [9.17, 15) is 9.59 Å². The first-order valence-electron chi connectivity index (χ1n) is 11.1. The van der Waals surface area contributed by atoms with Crippen LogP contribution < -0.4 is 20.1 Å². The Labute approximate surface area is 185 Å². The molecule has 0 saturated carbocycles. The minimum absolute atomic E-state index is 0.0312. The zero-order valence-corrected chi connectivity index (χ0v) is 19.4. The van der Waals surface area contributed by atoms with Crippen molar-refractivity contribution < 1.29 is 23.8 Å². The molecule has 1 heterocycles. The largest absolute Gasteiger partial charge is 0.490 e. The van der Waals surface area contributed by atoms with Crippen LogP contribution in [0.3, 0.4) is 0 Å². The van der Waals surface area contributed by atoms with E-state index in [1.165, 1.54) is 0 Å². The molecule has 1 unspecified atom stereocenters. The zero-order chi connectivity index (χ0) is 22.8. The van der Waals surface area contributed by atoms with Gasteiger partial charge < -0.3 is 29.7 Å². The van der Waals surface area contributed by atoms with Crippen molar-refractivity contribution in [3.8, 4) is 11.5 Å². The normalized spacial score (nSPS) is 17.2. The van der Waals surface area contributed by atoms with Gasteiger partial charge in [-0.2, -0.15) is 0 Å². The van der Waals surface area contributed by atoms with Gasteiger partial charge in [0.1, 0.15) is 0 Å². The van der Waals surface area contributed by atoms with Crippen molar-refractivity contribution in [3.63, 3.8) is 0 Å². The third-order valence-corrected chi connectivity index (χ3v) is 5.32. The summed E-state index contributed by atoms with van der Waals surface area (Å²) in [6, 6.07) is 5.40. The molecular weight excluding hydrogens is 398 g/mol. The summed E-state index contributed by atoms with van der Waals surface area (Å²) < 4.78 is 16.8. The molecule has 0 aromatic heterocycles. The first kappa shape index (κ1) is 24.9. The van der Waals surface area contributed by atoms with E-state index in [-0.39, 0.29) is 23.9 Å². The third-order valence-electron chi connectivity index (χ3n) is 5.32. The summed E-state index contributed by atoms with van der Waals surface area (Å²) in [6.45, 7) is 8.52. The second kappa shape index (κ2) is 12.5. The topological polar surface area (TPSA) is 89.1 Å². The number of piperidine rings is 1. The van der Waals surface area contributed by atoms with Gasteiger partial charge >= 0.3 is 0 Å². The molecule has 2 atom stereocenters. The molecule has 1 aliphatic rings. The van der Waals surface area contributed by atoms with Crippen LogP contribution in [-0.2, 0) is 9.53 Å². The summed E-state index contributed by atoms with van der Waals surface area (Å²) in [5.74, 6) is 0.612. The number of methoxy groups -OCH3 is 1. The number of ether oxygens (including phenoxy) is 3. The first-order chi connectivity index (χ1) is 14.9. The molecular formula is C23H37N3O5. The van der Waals surface area contributed by atoms with Crippen molar-refractivity contribution in [3.05, 3.63) is 23.8 Å². The molecule has 1 aromatic rings. The van der Waals surface area contributed by atoms with Crippen LogP contribution in [0.2, 0.25) is 0 Å². The van der Waals surface area contributed by atoms with Crippen LogP contribution in [0, 0.1) is 0 Å². The van der Waals surface area contributed by atoms with Crippen LogP contribution in [0.15, 0.2) is 18.2 Å². The molecule has 1 aromatic carbocycles. The number of nitrogens with zero attached hydrogens (tertiary/aromatic N) is 1. The van der Waals surface area contributed by atoms with Crippen molar-refractivity contribution in [2.24, 2.45) is 0 Å². The number of nitrogens with one attached hydrogen (secondary N) is 2. The van der Waals surface area contributed by atoms with Gasteiger partial charge in [0.25, 0.3) is 11.8 Å². The van der Waals surface area contributed by atoms with Crippen LogP contribution in [0.4, 0.5) is 0 Å². The first-order valence-corrected chi connectivity index (χ1v) is 11.1. The van der Waals surface area contributed by atoms with Gasteiger partial charge in [0.2, 0.25) is 0 Å². The van der Waals surface area contributed by atoms with Gasteiger partial charge in [-0.15, -0.1) is 0 Å². The molecule has 1 saturated heterocycles. The molecule has 0 radical (unpaired) electrons. The van der Waals surface area contributed by atoms with E-state index in [0.29, 0.717) is 36.7 Å². The van der Waals surface area contributed by atoms with Crippen LogP contribution >= 0.6 is 0 Å². The van der Waals surface area contributed by atoms with Crippen molar-refractivity contribution in [1.29, 1.82) is 0 Å². The van der Waals surface area contributed by atoms with E-state index in [0.717, 1.165) is 25.9 Å². The van der Waals surface area contributed by atoms with Crippen LogP contribution in [-0.4, -0.2) is 75.4 Å². The van der Waals surface area contributed by atoms with Gasteiger partial charge in [0.15, 0.2) is 17.6 Å². The monoisotopic (exact) mass is 435 g/mol. The Kier molecular flexibility index (Phi) is 10.1. The highest BCUT2D eigenvalue weighted by atomic mass is 16.5. The summed E-state index contributed by atoms with van der Waals surface area (Å²) in [4.78, 5) is 27.2. The Morgan fingerprint density at radius 2 is 2.00 bits per heavy atom. The molecule has 1 fully saturated rings. The number of benzene rings is 1. The van der Waals surface area contributed by atoms with Crippen LogP contribution in [0.5, 0.6) is 11.5 Å². The number of carbonyl (C=O) groups excluding carboxylic acids is 2. The molecule has 174 valence electrons. The molecule has 0 aliphatic carbocycles. The fraction of sp³-hybridized carbons (Fsp3) is 0.652. The standard InChI is InChI=1S/C23H37N3O5/c1-16(2)26(19-8-6-11-25-15-19)23(28)18-9-10-20(31-17(3)22(27)24-4)21(14-18)30-13-7-12-29-5/h9-10,14,16-17,19,25H,6-8,11-13,15H2,1-5H3,(H,24,27)/t17?,19-/m1/s1. The van der Waals surface area contributed by atoms with E-state index in [4.69, 9.17) is 14.2 Å². The smallest absolute Gasteiger partial charge is 0.260 e. The lowest BCUT2D eigenvalue weighted by molar-refractivity contribution is -0.126. The Hall–Kier alpha value is -2.32. The molecule has 0 spiro atoms. The van der Waals surface area contributed by atoms with E-state index in [2.05, 4.69) is 10.6 Å². The Balaban J connectivity index is 2.26. The Morgan fingerprint density at radius 1 is 1.23 bits per heavy atom. The van der Waals surface area contributed by atoms with Crippen molar-refractivity contribution in [2.75, 3.05) is 40.5 Å². The zero-order valence-electron chi connectivity index (χ0n) is 19.4. The van der Waals surface area contributed by atoms with Gasteiger partial charge in [-0.05, 0) is 58.4 Å². The SMILES string of the molecule is CNC(=O)C(C)Oc1ccc(C(=O)N(C(C)C)[C@@H]2CCCNC2)cc1OCCCOC. The van der Waals surface area contributed by atoms with Crippen molar-refractivity contribution in [2.45, 2.75) is 58.2 Å². The fourth-order valence-corrected chi connectivity index (χ4v) is 3.73. The highest BCUT2D eigenvalue weighted by molar-refractivity contribution is 5.95. The number of likely N-dealkylation sites (N-methyl/N-ethyl adjacent to an activating group) is 1. The van der Waals surface area contributed by atoms with Gasteiger partial charge in [-0.3, -0.25) is 9.59 Å². The van der Waals surface area contributed by atoms with Gasteiger partial charge in [0, 0.05) is 51.4 Å². The molecule has 1 aliphatic heterocycles. The second-order valence-electron chi connectivity index (χ2n) is 8.04. The minimum atomic E-state index is -0.687. The average Bonchev–Trinajstić information content (AvgIpc) is 2.77. The maximum Gasteiger partial charge on any atom is 0.260 e. The molecule has 8 nitrogen and oxygen atoms in total. The van der Waals surface area contributed by atoms with Crippen molar-refractivity contribution in [1.82, 2.24) is 15.5 Å². The summed E-state index contributed by atoms with van der Waals surface area (Å²) in [6.07, 6.45) is 2.06. The maximum absolute atomic E-state index is 13.4. The van der Waals surface area contributed by atoms with Crippen LogP contribution in [0.1, 0.15) is 50.4 Å². The lowest BCUT2D eigenvalue weighted by atomic mass is 10.0. The Bertz CT molecular complexity index is 719. The van der Waals surface area contributed by atoms with E-state index in [1.807, 2.05) is 18.7 Å². The van der Waals surface area contributed by atoms with E-state index in [1.54, 1.807) is 39.3 Å². The van der Waals surface area contributed by atoms with Crippen LogP contribution in [0.25, 0.3) is 0 Å². The summed E-state index contributed by atoms with van der Waals surface area (Å²) in [5, 5.41) is 5.96. The fourth-order valence-electron chi connectivity index (χ4n) is 3.73. The minimum Gasteiger partial charge on any atom is -0.490 e. The lowest BCUT2D eigenvalue weighted by Gasteiger charge is -2.37. The third kappa shape index (κ3) is 7.11. The molecule has 2 rings (SSSR count). The average molecular weight is 436 g/mol. The summed E-state index contributed by atoms with van der Waals surface area (Å²) in [7, 11) is 3.20. The highest BCUT2D eigenvalue weighted by Crippen LogP contribution is 2.31. The summed E-state index contributed by atoms with van der Waals surface area (Å²) >= 11 is 0. The highest BCUT2D eigenvalue weighted by Gasteiger charge is 2.29. The number of carbonyl (C=O) groups is 2. The molecule has 0 bridgehead atoms. The van der Waals surface area contributed by atoms with Gasteiger partial charge in [-0.1, -0.05) is 0 Å². The second-order valence-corrected chi connectivity index (χ2v) is 8.04. The maximum atomic E-state index is 13.4. The molecule has 8 heteroatoms. The van der Waals surface area contributed by atoms with E-state index < -0.39 is 6.10 Å². The predicted molar refractivity (Wildman–Crippen MR) is 120 cm³/mol. The van der Waals surface area contributed by atoms with Gasteiger partial charge in [0.05, 0.1) is 6.61 Å². The van der Waals surface area contributed by atoms with Gasteiger partial charge in [-0.25, -0.2) is 0 Å². The predicted octanol–water partition coefficient (Wildman–Crippen LogP) is 2.22. The lowest BCUT2D eigenvalue weighted by Crippen LogP contribution is -2.51. The number of hydrogen-bond acceptors (Lipinski definition) is 6. The number of rotatable bonds is 11. The van der Waals surface area contributed by atoms with E-state index >= 15 is 0 Å².